The molecule has 2 rings (SSSR count). The first-order chi connectivity index (χ1) is 8.17. The van der Waals surface area contributed by atoms with Gasteiger partial charge in [0.25, 0.3) is 0 Å². The number of carbonyl (C=O) groups excluding carboxylic acids is 1. The molecule has 3 atom stereocenters. The first-order valence-corrected chi connectivity index (χ1v) is 6.36. The van der Waals surface area contributed by atoms with E-state index < -0.39 is 0 Å². The van der Waals surface area contributed by atoms with E-state index in [0.29, 0.717) is 5.57 Å². The number of esters is 1. The van der Waals surface area contributed by atoms with Crippen molar-refractivity contribution < 1.29 is 14.6 Å². The maximum Gasteiger partial charge on any atom is 0.333 e. The van der Waals surface area contributed by atoms with Crippen LogP contribution in [0.3, 0.4) is 0 Å². The van der Waals surface area contributed by atoms with Crippen molar-refractivity contribution in [1.29, 1.82) is 0 Å². The number of ether oxygens (including phenoxy) is 1. The second-order valence-electron chi connectivity index (χ2n) is 4.96. The van der Waals surface area contributed by atoms with Crippen LogP contribution in [0.25, 0.3) is 0 Å². The molecule has 2 aliphatic heterocycles. The van der Waals surface area contributed by atoms with Crippen molar-refractivity contribution in [2.24, 2.45) is 5.92 Å². The Balaban J connectivity index is 2.00. The highest BCUT2D eigenvalue weighted by atomic mass is 16.5. The van der Waals surface area contributed by atoms with E-state index in [1.165, 1.54) is 0 Å². The summed E-state index contributed by atoms with van der Waals surface area (Å²) in [4.78, 5) is 14.1. The van der Waals surface area contributed by atoms with Crippen LogP contribution in [0.5, 0.6) is 0 Å². The molecule has 2 saturated heterocycles. The largest absolute Gasteiger partial charge is 0.457 e. The normalized spacial score (nSPS) is 33.8. The SMILES string of the molecule is C/C=C(/C)C(=O)O[C@@H]1CCN2CC[C@H](CO)[C@@H]12. The van der Waals surface area contributed by atoms with Gasteiger partial charge in [-0.3, -0.25) is 4.90 Å². The average molecular weight is 239 g/mol. The van der Waals surface area contributed by atoms with E-state index in [4.69, 9.17) is 4.74 Å². The Labute approximate surface area is 102 Å². The summed E-state index contributed by atoms with van der Waals surface area (Å²) < 4.78 is 5.55. The van der Waals surface area contributed by atoms with Crippen molar-refractivity contribution in [3.8, 4) is 0 Å². The van der Waals surface area contributed by atoms with Crippen molar-refractivity contribution >= 4 is 5.97 Å². The molecule has 0 aliphatic carbocycles. The molecule has 0 aromatic rings. The number of hydrogen-bond donors (Lipinski definition) is 1. The molecule has 4 heteroatoms. The third kappa shape index (κ3) is 2.38. The molecular weight excluding hydrogens is 218 g/mol. The number of allylic oxidation sites excluding steroid dienone is 1. The Bertz CT molecular complexity index is 327. The number of aliphatic hydroxyl groups excluding tert-OH is 1. The van der Waals surface area contributed by atoms with Gasteiger partial charge in [0, 0.05) is 24.6 Å². The zero-order valence-electron chi connectivity index (χ0n) is 10.6. The minimum atomic E-state index is -0.220. The Hall–Kier alpha value is -0.870. The molecule has 17 heavy (non-hydrogen) atoms. The zero-order valence-corrected chi connectivity index (χ0v) is 10.6. The first-order valence-electron chi connectivity index (χ1n) is 6.36. The summed E-state index contributed by atoms with van der Waals surface area (Å²) in [7, 11) is 0. The number of nitrogens with zero attached hydrogens (tertiary/aromatic N) is 1. The lowest BCUT2D eigenvalue weighted by Crippen LogP contribution is -2.38. The molecule has 0 bridgehead atoms. The van der Waals surface area contributed by atoms with Crippen LogP contribution >= 0.6 is 0 Å². The van der Waals surface area contributed by atoms with E-state index in [9.17, 15) is 9.90 Å². The predicted molar refractivity (Wildman–Crippen MR) is 64.5 cm³/mol. The van der Waals surface area contributed by atoms with E-state index in [-0.39, 0.29) is 30.6 Å². The predicted octanol–water partition coefficient (Wildman–Crippen LogP) is 0.951. The molecule has 2 aliphatic rings. The molecular formula is C13H21NO3. The Morgan fingerprint density at radius 2 is 2.18 bits per heavy atom. The highest BCUT2D eigenvalue weighted by Crippen LogP contribution is 2.34. The molecule has 96 valence electrons. The highest BCUT2D eigenvalue weighted by molar-refractivity contribution is 5.87. The first kappa shape index (κ1) is 12.6. The summed E-state index contributed by atoms with van der Waals surface area (Å²) in [5.74, 6) is 0.0455. The lowest BCUT2D eigenvalue weighted by atomic mass is 9.97. The van der Waals surface area contributed by atoms with E-state index in [1.54, 1.807) is 13.0 Å². The van der Waals surface area contributed by atoms with Gasteiger partial charge in [0.2, 0.25) is 0 Å². The molecule has 0 aromatic heterocycles. The Morgan fingerprint density at radius 1 is 1.47 bits per heavy atom. The van der Waals surface area contributed by atoms with E-state index >= 15 is 0 Å². The minimum absolute atomic E-state index is 0.0444. The molecule has 0 saturated carbocycles. The summed E-state index contributed by atoms with van der Waals surface area (Å²) in [6, 6.07) is 0.230. The number of aliphatic hydroxyl groups is 1. The van der Waals surface area contributed by atoms with Gasteiger partial charge in [-0.2, -0.15) is 0 Å². The van der Waals surface area contributed by atoms with Gasteiger partial charge in [0.05, 0.1) is 6.04 Å². The average Bonchev–Trinajstić information content (AvgIpc) is 2.90. The summed E-state index contributed by atoms with van der Waals surface area (Å²) >= 11 is 0. The fraction of sp³-hybridized carbons (Fsp3) is 0.769. The topological polar surface area (TPSA) is 49.8 Å². The minimum Gasteiger partial charge on any atom is -0.457 e. The van der Waals surface area contributed by atoms with Gasteiger partial charge < -0.3 is 9.84 Å². The van der Waals surface area contributed by atoms with Crippen LogP contribution in [0.1, 0.15) is 26.7 Å². The number of hydrogen-bond acceptors (Lipinski definition) is 4. The highest BCUT2D eigenvalue weighted by Gasteiger charge is 2.45. The number of fused-ring (bicyclic) bond motifs is 1. The zero-order chi connectivity index (χ0) is 12.4. The molecule has 2 fully saturated rings. The van der Waals surface area contributed by atoms with Crippen LogP contribution in [0.15, 0.2) is 11.6 Å². The van der Waals surface area contributed by atoms with Gasteiger partial charge in [0.15, 0.2) is 0 Å². The fourth-order valence-corrected chi connectivity index (χ4v) is 2.89. The summed E-state index contributed by atoms with van der Waals surface area (Å²) in [5.41, 5.74) is 0.655. The van der Waals surface area contributed by atoms with Crippen LogP contribution in [-0.4, -0.2) is 47.8 Å². The molecule has 0 aromatic carbocycles. The van der Waals surface area contributed by atoms with Crippen molar-refractivity contribution in [3.63, 3.8) is 0 Å². The van der Waals surface area contributed by atoms with E-state index in [0.717, 1.165) is 25.9 Å². The van der Waals surface area contributed by atoms with Gasteiger partial charge in [-0.1, -0.05) is 6.08 Å². The van der Waals surface area contributed by atoms with Crippen molar-refractivity contribution in [2.45, 2.75) is 38.8 Å². The van der Waals surface area contributed by atoms with Crippen LogP contribution in [0.2, 0.25) is 0 Å². The second-order valence-corrected chi connectivity index (χ2v) is 4.96. The number of rotatable bonds is 3. The van der Waals surface area contributed by atoms with Crippen molar-refractivity contribution in [2.75, 3.05) is 19.7 Å². The third-order valence-electron chi connectivity index (χ3n) is 4.02. The lowest BCUT2D eigenvalue weighted by Gasteiger charge is -2.25. The maximum atomic E-state index is 11.7. The van der Waals surface area contributed by atoms with Crippen LogP contribution in [0.4, 0.5) is 0 Å². The van der Waals surface area contributed by atoms with Gasteiger partial charge >= 0.3 is 5.97 Å². The Morgan fingerprint density at radius 3 is 2.82 bits per heavy atom. The van der Waals surface area contributed by atoms with Crippen molar-refractivity contribution in [3.05, 3.63) is 11.6 Å². The van der Waals surface area contributed by atoms with Gasteiger partial charge in [0.1, 0.15) is 6.10 Å². The molecule has 0 amide bonds. The van der Waals surface area contributed by atoms with Gasteiger partial charge in [-0.05, 0) is 33.2 Å². The molecule has 2 heterocycles. The van der Waals surface area contributed by atoms with Gasteiger partial charge in [-0.15, -0.1) is 0 Å². The smallest absolute Gasteiger partial charge is 0.333 e. The van der Waals surface area contributed by atoms with E-state index in [1.807, 2.05) is 6.92 Å². The summed E-state index contributed by atoms with van der Waals surface area (Å²) in [5, 5.41) is 9.34. The van der Waals surface area contributed by atoms with Crippen LogP contribution in [0, 0.1) is 5.92 Å². The monoisotopic (exact) mass is 239 g/mol. The third-order valence-corrected chi connectivity index (χ3v) is 4.02. The fourth-order valence-electron chi connectivity index (χ4n) is 2.89. The Kier molecular flexibility index (Phi) is 3.84. The second kappa shape index (κ2) is 5.19. The molecule has 0 unspecified atom stereocenters. The number of carbonyl (C=O) groups is 1. The van der Waals surface area contributed by atoms with Crippen LogP contribution < -0.4 is 0 Å². The lowest BCUT2D eigenvalue weighted by molar-refractivity contribution is -0.145. The standard InChI is InChI=1S/C13H21NO3/c1-3-9(2)13(16)17-11-5-7-14-6-4-10(8-15)12(11)14/h3,10-12,15H,4-8H2,1-2H3/b9-3-/t10-,11-,12+/m1/s1. The summed E-state index contributed by atoms with van der Waals surface area (Å²) in [6.45, 7) is 5.80. The van der Waals surface area contributed by atoms with Gasteiger partial charge in [-0.25, -0.2) is 4.79 Å². The molecule has 1 N–H and O–H groups in total. The van der Waals surface area contributed by atoms with Crippen LogP contribution in [-0.2, 0) is 9.53 Å². The molecule has 0 spiro atoms. The molecule has 0 radical (unpaired) electrons. The quantitative estimate of drug-likeness (QED) is 0.588. The maximum absolute atomic E-state index is 11.7. The van der Waals surface area contributed by atoms with E-state index in [2.05, 4.69) is 4.90 Å². The van der Waals surface area contributed by atoms with Crippen molar-refractivity contribution in [1.82, 2.24) is 4.90 Å². The summed E-state index contributed by atoms with van der Waals surface area (Å²) in [6.07, 6.45) is 3.63. The molecule has 4 nitrogen and oxygen atoms in total.